The molecule has 0 fully saturated rings. The molecular weight excluding hydrogens is 156 g/mol. The van der Waals surface area contributed by atoms with Crippen LogP contribution in [0.4, 0.5) is 0 Å². The number of aliphatic hydroxyl groups is 2. The molecule has 3 N–H and O–H groups in total. The number of aliphatic hydroxyl groups excluding tert-OH is 2. The highest BCUT2D eigenvalue weighted by Gasteiger charge is 2.28. The van der Waals surface area contributed by atoms with E-state index in [1.54, 1.807) is 6.07 Å². The number of hydrogen-bond donors (Lipinski definition) is 3. The Morgan fingerprint density at radius 3 is 2.75 bits per heavy atom. The summed E-state index contributed by atoms with van der Waals surface area (Å²) in [7, 11) is 0. The van der Waals surface area contributed by atoms with Crippen LogP contribution in [-0.4, -0.2) is 15.3 Å². The van der Waals surface area contributed by atoms with Crippen molar-refractivity contribution in [3.63, 3.8) is 0 Å². The average Bonchev–Trinajstić information content (AvgIpc) is 2.28. The zero-order chi connectivity index (χ0) is 8.72. The molecule has 2 rings (SSSR count). The Labute approximate surface area is 69.9 Å². The molecule has 1 radical (unpaired) electrons. The van der Waals surface area contributed by atoms with Crippen LogP contribution in [0.1, 0.15) is 23.7 Å². The molecule has 0 saturated heterocycles. The van der Waals surface area contributed by atoms with Gasteiger partial charge in [0.25, 0.3) is 0 Å². The minimum Gasteiger partial charge on any atom is -0.508 e. The van der Waals surface area contributed by atoms with E-state index in [-0.39, 0.29) is 18.3 Å². The molecule has 1 aliphatic rings. The van der Waals surface area contributed by atoms with Crippen molar-refractivity contribution in [2.24, 2.45) is 0 Å². The lowest BCUT2D eigenvalue weighted by molar-refractivity contribution is 0.162. The fourth-order valence-corrected chi connectivity index (χ4v) is 1.49. The Bertz CT molecular complexity index is 309. The third-order valence-electron chi connectivity index (χ3n) is 2.09. The molecule has 0 amide bonds. The van der Waals surface area contributed by atoms with Gasteiger partial charge in [0.2, 0.25) is 0 Å². The molecule has 0 saturated carbocycles. The molecule has 3 heteroatoms. The van der Waals surface area contributed by atoms with Gasteiger partial charge in [-0.05, 0) is 23.3 Å². The van der Waals surface area contributed by atoms with Crippen LogP contribution in [0.5, 0.6) is 5.75 Å². The number of phenolic OH excluding ortho intramolecular Hbond substituents is 1. The highest BCUT2D eigenvalue weighted by molar-refractivity contribution is 5.46. The van der Waals surface area contributed by atoms with E-state index in [9.17, 15) is 10.2 Å². The molecule has 1 atom stereocenters. The third kappa shape index (κ3) is 0.983. The molecule has 0 bridgehead atoms. The largest absolute Gasteiger partial charge is 0.508 e. The second-order valence-corrected chi connectivity index (χ2v) is 2.94. The van der Waals surface area contributed by atoms with Gasteiger partial charge in [-0.2, -0.15) is 0 Å². The van der Waals surface area contributed by atoms with Crippen LogP contribution in [0.3, 0.4) is 0 Å². The second-order valence-electron chi connectivity index (χ2n) is 2.94. The maximum absolute atomic E-state index is 9.38. The Kier molecular flexibility index (Phi) is 1.56. The van der Waals surface area contributed by atoms with Gasteiger partial charge in [0, 0.05) is 6.42 Å². The van der Waals surface area contributed by atoms with Crippen LogP contribution in [0, 0.1) is 6.10 Å². The van der Waals surface area contributed by atoms with Gasteiger partial charge in [0.1, 0.15) is 11.9 Å². The molecule has 1 unspecified atom stereocenters. The van der Waals surface area contributed by atoms with Gasteiger partial charge in [-0.1, -0.05) is 6.07 Å². The second kappa shape index (κ2) is 2.47. The summed E-state index contributed by atoms with van der Waals surface area (Å²) < 4.78 is 0. The summed E-state index contributed by atoms with van der Waals surface area (Å²) in [5, 5.41) is 27.8. The maximum atomic E-state index is 9.38. The van der Waals surface area contributed by atoms with Crippen LogP contribution < -0.4 is 0 Å². The van der Waals surface area contributed by atoms with Gasteiger partial charge >= 0.3 is 0 Å². The molecule has 0 heterocycles. The quantitative estimate of drug-likeness (QED) is 0.539. The Hall–Kier alpha value is -1.06. The minimum absolute atomic E-state index is 0.113. The molecule has 63 valence electrons. The molecule has 1 aromatic rings. The zero-order valence-corrected chi connectivity index (χ0v) is 6.36. The molecule has 12 heavy (non-hydrogen) atoms. The van der Waals surface area contributed by atoms with E-state index in [0.717, 1.165) is 0 Å². The molecular formula is C9H9O3. The number of benzene rings is 1. The summed E-state index contributed by atoms with van der Waals surface area (Å²) in [6.07, 6.45) is -0.233. The van der Waals surface area contributed by atoms with Crippen molar-refractivity contribution in [3.8, 4) is 5.75 Å². The van der Waals surface area contributed by atoms with Crippen LogP contribution in [0.2, 0.25) is 0 Å². The summed E-state index contributed by atoms with van der Waals surface area (Å²) in [4.78, 5) is 0. The predicted molar refractivity (Wildman–Crippen MR) is 42.0 cm³/mol. The molecule has 0 aromatic heterocycles. The monoisotopic (exact) mass is 165 g/mol. The van der Waals surface area contributed by atoms with E-state index in [4.69, 9.17) is 5.11 Å². The first kappa shape index (κ1) is 7.58. The van der Waals surface area contributed by atoms with Crippen molar-refractivity contribution < 1.29 is 15.3 Å². The molecule has 1 aliphatic carbocycles. The van der Waals surface area contributed by atoms with Crippen molar-refractivity contribution in [1.29, 1.82) is 0 Å². The van der Waals surface area contributed by atoms with Gasteiger partial charge in [-0.25, -0.2) is 0 Å². The van der Waals surface area contributed by atoms with Gasteiger partial charge in [-0.3, -0.25) is 0 Å². The van der Waals surface area contributed by atoms with Crippen molar-refractivity contribution in [2.45, 2.75) is 12.5 Å². The van der Waals surface area contributed by atoms with Gasteiger partial charge in [0.15, 0.2) is 0 Å². The van der Waals surface area contributed by atoms with Crippen LogP contribution >= 0.6 is 0 Å². The number of rotatable bonds is 0. The molecule has 0 aliphatic heterocycles. The van der Waals surface area contributed by atoms with E-state index in [0.29, 0.717) is 11.1 Å². The van der Waals surface area contributed by atoms with Gasteiger partial charge in [0.05, 0.1) is 6.10 Å². The lowest BCUT2D eigenvalue weighted by Gasteiger charge is -2.02. The van der Waals surface area contributed by atoms with Crippen LogP contribution in [-0.2, 0) is 0 Å². The van der Waals surface area contributed by atoms with Gasteiger partial charge < -0.3 is 15.3 Å². The maximum Gasteiger partial charge on any atom is 0.126 e. The summed E-state index contributed by atoms with van der Waals surface area (Å²) in [5.74, 6) is 0.113. The first-order valence-corrected chi connectivity index (χ1v) is 3.74. The molecule has 1 aromatic carbocycles. The number of phenols is 1. The zero-order valence-electron chi connectivity index (χ0n) is 6.36. The summed E-state index contributed by atoms with van der Waals surface area (Å²) in [5.41, 5.74) is 1.24. The van der Waals surface area contributed by atoms with E-state index in [1.165, 1.54) is 12.1 Å². The minimum atomic E-state index is -0.674. The summed E-state index contributed by atoms with van der Waals surface area (Å²) >= 11 is 0. The first-order valence-electron chi connectivity index (χ1n) is 3.74. The smallest absolute Gasteiger partial charge is 0.126 e. The molecule has 3 nitrogen and oxygen atoms in total. The number of hydrogen-bond acceptors (Lipinski definition) is 3. The fraction of sp³-hybridized carbons (Fsp3) is 0.222. The van der Waals surface area contributed by atoms with Crippen LogP contribution in [0.15, 0.2) is 18.2 Å². The lowest BCUT2D eigenvalue weighted by atomic mass is 10.1. The van der Waals surface area contributed by atoms with E-state index in [1.807, 2.05) is 0 Å². The number of aromatic hydroxyl groups is 1. The normalized spacial score (nSPS) is 22.7. The predicted octanol–water partition coefficient (Wildman–Crippen LogP) is 1.08. The Morgan fingerprint density at radius 1 is 1.25 bits per heavy atom. The highest BCUT2D eigenvalue weighted by Crippen LogP contribution is 2.39. The third-order valence-corrected chi connectivity index (χ3v) is 2.09. The highest BCUT2D eigenvalue weighted by atomic mass is 16.3. The molecule has 0 spiro atoms. The Balaban J connectivity index is 2.53. The average molecular weight is 165 g/mol. The van der Waals surface area contributed by atoms with E-state index in [2.05, 4.69) is 0 Å². The van der Waals surface area contributed by atoms with Crippen LogP contribution in [0.25, 0.3) is 0 Å². The van der Waals surface area contributed by atoms with Crippen molar-refractivity contribution in [1.82, 2.24) is 0 Å². The Morgan fingerprint density at radius 2 is 2.00 bits per heavy atom. The van der Waals surface area contributed by atoms with Crippen molar-refractivity contribution in [2.75, 3.05) is 0 Å². The van der Waals surface area contributed by atoms with Crippen molar-refractivity contribution in [3.05, 3.63) is 35.4 Å². The van der Waals surface area contributed by atoms with E-state index >= 15 is 0 Å². The van der Waals surface area contributed by atoms with Gasteiger partial charge in [-0.15, -0.1) is 0 Å². The summed E-state index contributed by atoms with van der Waals surface area (Å²) in [6.45, 7) is 0. The van der Waals surface area contributed by atoms with Crippen molar-refractivity contribution >= 4 is 0 Å². The SMILES string of the molecule is O[C]1CC(O)c2cc(O)ccc21. The first-order chi connectivity index (χ1) is 5.68. The lowest BCUT2D eigenvalue weighted by Crippen LogP contribution is -1.90. The topological polar surface area (TPSA) is 60.7 Å². The van der Waals surface area contributed by atoms with E-state index < -0.39 is 6.10 Å². The fourth-order valence-electron chi connectivity index (χ4n) is 1.49. The standard InChI is InChI=1S/C9H9O3/c10-5-1-2-6-7(3-5)9(12)4-8(6)11/h1-3,9-12H,4H2. The summed E-state index contributed by atoms with van der Waals surface area (Å²) in [6, 6.07) is 4.58. The number of fused-ring (bicyclic) bond motifs is 1.